The monoisotopic (exact) mass is 208 g/mol. The second-order valence-electron chi connectivity index (χ2n) is 2.31. The van der Waals surface area contributed by atoms with Gasteiger partial charge in [-0.15, -0.1) is 0 Å². The van der Waals surface area contributed by atoms with E-state index in [1.807, 2.05) is 6.07 Å². The van der Waals surface area contributed by atoms with Crippen molar-refractivity contribution in [1.82, 2.24) is 0 Å². The fourth-order valence-electron chi connectivity index (χ4n) is 0.920. The molecule has 70 valence electrons. The Labute approximate surface area is 85.1 Å². The van der Waals surface area contributed by atoms with Crippen molar-refractivity contribution in [3.8, 4) is 11.8 Å². The Bertz CT molecular complexity index is 445. The lowest BCUT2D eigenvalue weighted by molar-refractivity contribution is 0.415. The first-order valence-corrected chi connectivity index (χ1v) is 3.93. The third kappa shape index (κ3) is 1.88. The van der Waals surface area contributed by atoms with Crippen LogP contribution in [0.2, 0.25) is 5.02 Å². The molecular weight excluding hydrogens is 204 g/mol. The third-order valence-electron chi connectivity index (χ3n) is 1.54. The smallest absolute Gasteiger partial charge is 0.138 e. The van der Waals surface area contributed by atoms with Gasteiger partial charge >= 0.3 is 0 Å². The predicted octanol–water partition coefficient (Wildman–Crippen LogP) is 3.16. The van der Waals surface area contributed by atoms with Crippen LogP contribution in [0.15, 0.2) is 17.2 Å². The summed E-state index contributed by atoms with van der Waals surface area (Å²) < 4.78 is 4.91. The maximum atomic E-state index is 8.70. The molecule has 0 unspecified atom stereocenters. The van der Waals surface area contributed by atoms with E-state index in [1.54, 1.807) is 0 Å². The van der Waals surface area contributed by atoms with Gasteiger partial charge < -0.3 is 4.74 Å². The van der Waals surface area contributed by atoms with Crippen LogP contribution >= 0.6 is 11.6 Å². The third-order valence-corrected chi connectivity index (χ3v) is 1.84. The summed E-state index contributed by atoms with van der Waals surface area (Å²) in [4.78, 5) is 2.59. The highest BCUT2D eigenvalue weighted by molar-refractivity contribution is 6.32. The normalized spacial score (nSPS) is 8.64. The van der Waals surface area contributed by atoms with Crippen LogP contribution < -0.4 is 4.74 Å². The van der Waals surface area contributed by atoms with E-state index in [2.05, 4.69) is 10.0 Å². The highest BCUT2D eigenvalue weighted by Gasteiger charge is 2.07. The molecule has 0 aromatic heterocycles. The van der Waals surface area contributed by atoms with Crippen molar-refractivity contribution < 1.29 is 4.74 Å². The number of hydrogen-bond donors (Lipinski definition) is 0. The molecule has 1 aromatic rings. The first kappa shape index (κ1) is 10.2. The van der Waals surface area contributed by atoms with Crippen LogP contribution in [0.4, 0.5) is 5.69 Å². The van der Waals surface area contributed by atoms with E-state index in [0.717, 1.165) is 0 Å². The Hall–Kier alpha value is -1.89. The van der Waals surface area contributed by atoms with Gasteiger partial charge in [0.2, 0.25) is 0 Å². The summed E-state index contributed by atoms with van der Waals surface area (Å²) in [5, 5.41) is 12.4. The molecule has 5 nitrogen and oxygen atoms in total. The summed E-state index contributed by atoms with van der Waals surface area (Å²) in [5.74, 6) is 0.369. The van der Waals surface area contributed by atoms with Crippen LogP contribution in [-0.4, -0.2) is 7.11 Å². The molecule has 0 spiro atoms. The summed E-state index contributed by atoms with van der Waals surface area (Å²) in [7, 11) is 1.44. The maximum absolute atomic E-state index is 8.70. The van der Waals surface area contributed by atoms with Crippen LogP contribution in [-0.2, 0) is 0 Å². The topological polar surface area (TPSA) is 81.8 Å². The molecule has 0 saturated heterocycles. The van der Waals surface area contributed by atoms with Crippen molar-refractivity contribution in [1.29, 1.82) is 5.26 Å². The van der Waals surface area contributed by atoms with Crippen LogP contribution in [0.5, 0.6) is 5.75 Å². The number of nitriles is 1. The summed E-state index contributed by atoms with van der Waals surface area (Å²) in [6.07, 6.45) is 0. The zero-order valence-corrected chi connectivity index (χ0v) is 7.99. The van der Waals surface area contributed by atoms with E-state index in [-0.39, 0.29) is 11.3 Å². The van der Waals surface area contributed by atoms with Gasteiger partial charge in [0.15, 0.2) is 0 Å². The second-order valence-corrected chi connectivity index (χ2v) is 2.71. The fourth-order valence-corrected chi connectivity index (χ4v) is 1.16. The van der Waals surface area contributed by atoms with Gasteiger partial charge in [-0.3, -0.25) is 0 Å². The first-order valence-electron chi connectivity index (χ1n) is 3.55. The van der Waals surface area contributed by atoms with Gasteiger partial charge in [-0.05, 0) is 17.7 Å². The van der Waals surface area contributed by atoms with Crippen molar-refractivity contribution in [2.45, 2.75) is 0 Å². The Balaban J connectivity index is 3.41. The first-order chi connectivity index (χ1) is 6.72. The minimum atomic E-state index is 0.205. The fraction of sp³-hybridized carbons (Fsp3) is 0.125. The Kier molecular flexibility index (Phi) is 3.19. The predicted molar refractivity (Wildman–Crippen MR) is 51.5 cm³/mol. The molecule has 1 rings (SSSR count). The number of rotatable bonds is 2. The SMILES string of the molecule is COc1cc(N=[N+]=[N-])c(C#N)cc1Cl. The number of methoxy groups -OCH3 is 1. The Morgan fingerprint density at radius 1 is 1.64 bits per heavy atom. The molecule has 0 radical (unpaired) electrons. The minimum Gasteiger partial charge on any atom is -0.495 e. The van der Waals surface area contributed by atoms with Crippen LogP contribution in [0.25, 0.3) is 10.4 Å². The van der Waals surface area contributed by atoms with E-state index in [1.165, 1.54) is 19.2 Å². The van der Waals surface area contributed by atoms with Crippen molar-refractivity contribution >= 4 is 17.3 Å². The van der Waals surface area contributed by atoms with Crippen molar-refractivity contribution in [3.63, 3.8) is 0 Å². The van der Waals surface area contributed by atoms with Crippen molar-refractivity contribution in [2.24, 2.45) is 5.11 Å². The highest BCUT2D eigenvalue weighted by Crippen LogP contribution is 2.32. The number of nitrogens with zero attached hydrogens (tertiary/aromatic N) is 4. The standard InChI is InChI=1S/C8H5ClN4O/c1-14-8-3-7(12-13-11)5(4-10)2-6(8)9/h2-3H,1H3. The van der Waals surface area contributed by atoms with Crippen LogP contribution in [0.1, 0.15) is 5.56 Å². The lowest BCUT2D eigenvalue weighted by Gasteiger charge is -2.04. The quantitative estimate of drug-likeness (QED) is 0.425. The molecule has 0 atom stereocenters. The van der Waals surface area contributed by atoms with Gasteiger partial charge in [-0.25, -0.2) is 0 Å². The van der Waals surface area contributed by atoms with Gasteiger partial charge in [0.05, 0.1) is 29.5 Å². The van der Waals surface area contributed by atoms with Crippen LogP contribution in [0.3, 0.4) is 0 Å². The average molecular weight is 209 g/mol. The molecule has 0 amide bonds. The Morgan fingerprint density at radius 2 is 2.36 bits per heavy atom. The van der Waals surface area contributed by atoms with E-state index in [0.29, 0.717) is 10.8 Å². The lowest BCUT2D eigenvalue weighted by atomic mass is 10.2. The number of hydrogen-bond acceptors (Lipinski definition) is 3. The summed E-state index contributed by atoms with van der Waals surface area (Å²) in [5.41, 5.74) is 8.67. The molecule has 0 saturated carbocycles. The molecule has 0 bridgehead atoms. The van der Waals surface area contributed by atoms with E-state index in [9.17, 15) is 0 Å². The highest BCUT2D eigenvalue weighted by atomic mass is 35.5. The number of azide groups is 1. The average Bonchev–Trinajstić information content (AvgIpc) is 2.20. The molecule has 1 aromatic carbocycles. The van der Waals surface area contributed by atoms with Gasteiger partial charge in [0, 0.05) is 4.91 Å². The molecule has 0 aliphatic heterocycles. The molecular formula is C8H5ClN4O. The van der Waals surface area contributed by atoms with Gasteiger partial charge in [0.1, 0.15) is 5.75 Å². The summed E-state index contributed by atoms with van der Waals surface area (Å²) >= 11 is 5.77. The Morgan fingerprint density at radius 3 is 2.86 bits per heavy atom. The lowest BCUT2D eigenvalue weighted by Crippen LogP contribution is -1.85. The number of halogens is 1. The number of ether oxygens (including phenoxy) is 1. The largest absolute Gasteiger partial charge is 0.495 e. The molecule has 0 aliphatic rings. The zero-order valence-electron chi connectivity index (χ0n) is 7.23. The molecule has 0 aliphatic carbocycles. The van der Waals surface area contributed by atoms with E-state index >= 15 is 0 Å². The molecule has 14 heavy (non-hydrogen) atoms. The maximum Gasteiger partial charge on any atom is 0.138 e. The van der Waals surface area contributed by atoms with Gasteiger partial charge in [-0.1, -0.05) is 16.7 Å². The van der Waals surface area contributed by atoms with Gasteiger partial charge in [0.25, 0.3) is 0 Å². The van der Waals surface area contributed by atoms with Crippen LogP contribution in [0, 0.1) is 11.3 Å². The van der Waals surface area contributed by atoms with Crippen molar-refractivity contribution in [2.75, 3.05) is 7.11 Å². The second kappa shape index (κ2) is 4.38. The molecule has 0 heterocycles. The zero-order chi connectivity index (χ0) is 10.6. The summed E-state index contributed by atoms with van der Waals surface area (Å²) in [6, 6.07) is 4.68. The van der Waals surface area contributed by atoms with Crippen molar-refractivity contribution in [3.05, 3.63) is 33.2 Å². The van der Waals surface area contributed by atoms with E-state index in [4.69, 9.17) is 27.1 Å². The number of benzene rings is 1. The molecule has 6 heteroatoms. The minimum absolute atomic E-state index is 0.205. The summed E-state index contributed by atoms with van der Waals surface area (Å²) in [6.45, 7) is 0. The molecule has 0 N–H and O–H groups in total. The molecule has 0 fully saturated rings. The van der Waals surface area contributed by atoms with E-state index < -0.39 is 0 Å². The van der Waals surface area contributed by atoms with Gasteiger partial charge in [-0.2, -0.15) is 5.26 Å².